The maximum Gasteiger partial charge on any atom is 0.303 e. The molecule has 0 radical (unpaired) electrons. The number of aryl methyl sites for hydroxylation is 2. The first-order valence-corrected chi connectivity index (χ1v) is 10.4. The summed E-state index contributed by atoms with van der Waals surface area (Å²) in [6.07, 6.45) is 2.42. The van der Waals surface area contributed by atoms with Crippen LogP contribution in [0.15, 0.2) is 48.5 Å². The highest BCUT2D eigenvalue weighted by molar-refractivity contribution is 7.15. The lowest BCUT2D eigenvalue weighted by Gasteiger charge is -2.12. The van der Waals surface area contributed by atoms with E-state index in [9.17, 15) is 4.79 Å². The number of ether oxygens (including phenoxy) is 2. The predicted molar refractivity (Wildman–Crippen MR) is 111 cm³/mol. The molecule has 3 aromatic rings. The number of esters is 1. The van der Waals surface area contributed by atoms with Crippen LogP contribution >= 0.6 is 11.3 Å². The van der Waals surface area contributed by atoms with Gasteiger partial charge in [-0.25, -0.2) is 4.98 Å². The molecule has 28 heavy (non-hydrogen) atoms. The zero-order valence-electron chi connectivity index (χ0n) is 16.1. The zero-order chi connectivity index (χ0) is 19.5. The van der Waals surface area contributed by atoms with Crippen molar-refractivity contribution >= 4 is 17.3 Å². The van der Waals surface area contributed by atoms with Crippen molar-refractivity contribution < 1.29 is 14.3 Å². The second-order valence-electron chi connectivity index (χ2n) is 6.98. The zero-order valence-corrected chi connectivity index (χ0v) is 16.9. The minimum atomic E-state index is -0.230. The molecule has 0 N–H and O–H groups in total. The summed E-state index contributed by atoms with van der Waals surface area (Å²) in [4.78, 5) is 17.3. The lowest BCUT2D eigenvalue weighted by Crippen LogP contribution is -2.05. The van der Waals surface area contributed by atoms with Gasteiger partial charge in [-0.05, 0) is 43.0 Å². The van der Waals surface area contributed by atoms with Crippen molar-refractivity contribution in [2.75, 3.05) is 6.61 Å². The van der Waals surface area contributed by atoms with Gasteiger partial charge < -0.3 is 9.47 Å². The lowest BCUT2D eigenvalue weighted by atomic mass is 10.1. The van der Waals surface area contributed by atoms with Gasteiger partial charge in [0, 0.05) is 23.8 Å². The molecular weight excluding hydrogens is 370 g/mol. The predicted octanol–water partition coefficient (Wildman–Crippen LogP) is 5.29. The van der Waals surface area contributed by atoms with Crippen LogP contribution in [-0.2, 0) is 22.4 Å². The maximum atomic E-state index is 11.2. The Morgan fingerprint density at radius 2 is 2.04 bits per heavy atom. The third-order valence-corrected chi connectivity index (χ3v) is 6.03. The molecule has 0 spiro atoms. The fourth-order valence-corrected chi connectivity index (χ4v) is 4.56. The molecule has 4 nitrogen and oxygen atoms in total. The van der Waals surface area contributed by atoms with Gasteiger partial charge in [0.25, 0.3) is 0 Å². The van der Waals surface area contributed by atoms with Crippen LogP contribution in [0.3, 0.4) is 0 Å². The summed E-state index contributed by atoms with van der Waals surface area (Å²) < 4.78 is 11.4. The fraction of sp³-hybridized carbons (Fsp3) is 0.304. The van der Waals surface area contributed by atoms with Gasteiger partial charge in [0.2, 0.25) is 0 Å². The third kappa shape index (κ3) is 4.09. The molecule has 0 amide bonds. The quantitative estimate of drug-likeness (QED) is 0.534. The molecule has 144 valence electrons. The van der Waals surface area contributed by atoms with E-state index in [1.807, 2.05) is 30.3 Å². The first-order chi connectivity index (χ1) is 13.6. The molecule has 0 aliphatic heterocycles. The highest BCUT2D eigenvalue weighted by Crippen LogP contribution is 2.36. The van der Waals surface area contributed by atoms with E-state index in [0.29, 0.717) is 6.61 Å². The number of aromatic nitrogens is 1. The van der Waals surface area contributed by atoms with Gasteiger partial charge in [-0.15, -0.1) is 11.3 Å². The van der Waals surface area contributed by atoms with E-state index in [0.717, 1.165) is 46.8 Å². The van der Waals surface area contributed by atoms with Crippen LogP contribution in [0, 0.1) is 6.92 Å². The Hall–Kier alpha value is -2.66. The molecule has 0 saturated heterocycles. The SMILES string of the molecule is CC(=O)OC1CCc2cc(OCCc3nc(-c4ccccc4)sc3C)ccc21. The average Bonchev–Trinajstić information content (AvgIpc) is 3.26. The van der Waals surface area contributed by atoms with Crippen LogP contribution in [-0.4, -0.2) is 17.6 Å². The van der Waals surface area contributed by atoms with E-state index < -0.39 is 0 Å². The van der Waals surface area contributed by atoms with Crippen LogP contribution < -0.4 is 4.74 Å². The van der Waals surface area contributed by atoms with E-state index in [1.165, 1.54) is 17.4 Å². The number of nitrogens with zero attached hydrogens (tertiary/aromatic N) is 1. The second kappa shape index (κ2) is 8.15. The van der Waals surface area contributed by atoms with Crippen molar-refractivity contribution in [2.45, 2.75) is 39.2 Å². The number of carbonyl (C=O) groups excluding carboxylic acids is 1. The first kappa shape index (κ1) is 18.7. The molecule has 1 heterocycles. The van der Waals surface area contributed by atoms with Gasteiger partial charge in [0.15, 0.2) is 0 Å². The molecule has 0 bridgehead atoms. The minimum Gasteiger partial charge on any atom is -0.493 e. The smallest absolute Gasteiger partial charge is 0.303 e. The number of rotatable bonds is 6. The number of hydrogen-bond donors (Lipinski definition) is 0. The topological polar surface area (TPSA) is 48.4 Å². The van der Waals surface area contributed by atoms with Crippen LogP contribution in [0.2, 0.25) is 0 Å². The van der Waals surface area contributed by atoms with Gasteiger partial charge in [0.1, 0.15) is 16.9 Å². The molecule has 5 heteroatoms. The highest BCUT2D eigenvalue weighted by Gasteiger charge is 2.25. The van der Waals surface area contributed by atoms with E-state index >= 15 is 0 Å². The molecule has 1 aliphatic rings. The largest absolute Gasteiger partial charge is 0.493 e. The van der Waals surface area contributed by atoms with E-state index in [2.05, 4.69) is 25.1 Å². The normalized spacial score (nSPS) is 15.3. The molecule has 0 saturated carbocycles. The summed E-state index contributed by atoms with van der Waals surface area (Å²) in [6.45, 7) is 4.16. The Bertz CT molecular complexity index is 981. The van der Waals surface area contributed by atoms with Crippen molar-refractivity contribution in [3.63, 3.8) is 0 Å². The first-order valence-electron chi connectivity index (χ1n) is 9.54. The minimum absolute atomic E-state index is 0.115. The lowest BCUT2D eigenvalue weighted by molar-refractivity contribution is -0.146. The molecule has 2 aromatic carbocycles. The summed E-state index contributed by atoms with van der Waals surface area (Å²) in [5, 5.41) is 1.06. The summed E-state index contributed by atoms with van der Waals surface area (Å²) in [6, 6.07) is 16.3. The van der Waals surface area contributed by atoms with Gasteiger partial charge in [-0.2, -0.15) is 0 Å². The van der Waals surface area contributed by atoms with E-state index in [4.69, 9.17) is 14.5 Å². The molecule has 0 fully saturated rings. The van der Waals surface area contributed by atoms with Gasteiger partial charge >= 0.3 is 5.97 Å². The maximum absolute atomic E-state index is 11.2. The number of carbonyl (C=O) groups is 1. The summed E-state index contributed by atoms with van der Waals surface area (Å²) in [7, 11) is 0. The number of fused-ring (bicyclic) bond motifs is 1. The molecule has 1 aliphatic carbocycles. The summed E-state index contributed by atoms with van der Waals surface area (Å²) in [5.41, 5.74) is 4.56. The van der Waals surface area contributed by atoms with Crippen LogP contribution in [0.5, 0.6) is 5.75 Å². The van der Waals surface area contributed by atoms with Crippen molar-refractivity contribution in [2.24, 2.45) is 0 Å². The number of hydrogen-bond acceptors (Lipinski definition) is 5. The second-order valence-corrected chi connectivity index (χ2v) is 8.19. The van der Waals surface area contributed by atoms with Crippen LogP contribution in [0.25, 0.3) is 10.6 Å². The van der Waals surface area contributed by atoms with E-state index in [-0.39, 0.29) is 12.1 Å². The summed E-state index contributed by atoms with van der Waals surface area (Å²) >= 11 is 1.73. The van der Waals surface area contributed by atoms with Gasteiger partial charge in [0.05, 0.1) is 12.3 Å². The molecule has 1 unspecified atom stereocenters. The highest BCUT2D eigenvalue weighted by atomic mass is 32.1. The number of benzene rings is 2. The molecule has 1 atom stereocenters. The summed E-state index contributed by atoms with van der Waals surface area (Å²) in [5.74, 6) is 0.630. The fourth-order valence-electron chi connectivity index (χ4n) is 3.60. The van der Waals surface area contributed by atoms with E-state index in [1.54, 1.807) is 11.3 Å². The van der Waals surface area contributed by atoms with Crippen molar-refractivity contribution in [1.29, 1.82) is 0 Å². The van der Waals surface area contributed by atoms with Gasteiger partial charge in [-0.1, -0.05) is 36.4 Å². The standard InChI is InChI=1S/C23H23NO3S/c1-15-21(24-23(28-15)17-6-4-3-5-7-17)12-13-26-19-9-10-20-18(14-19)8-11-22(20)27-16(2)25/h3-7,9-10,14,22H,8,11-13H2,1-2H3. The van der Waals surface area contributed by atoms with Crippen molar-refractivity contribution in [3.8, 4) is 16.3 Å². The Balaban J connectivity index is 1.37. The van der Waals surface area contributed by atoms with Crippen LogP contribution in [0.4, 0.5) is 0 Å². The Morgan fingerprint density at radius 1 is 1.21 bits per heavy atom. The monoisotopic (exact) mass is 393 g/mol. The molecule has 1 aromatic heterocycles. The van der Waals surface area contributed by atoms with Crippen LogP contribution in [0.1, 0.15) is 41.1 Å². The molecular formula is C23H23NO3S. The molecule has 4 rings (SSSR count). The third-order valence-electron chi connectivity index (χ3n) is 4.97. The van der Waals surface area contributed by atoms with Crippen molar-refractivity contribution in [3.05, 3.63) is 70.2 Å². The average molecular weight is 394 g/mol. The van der Waals surface area contributed by atoms with Gasteiger partial charge in [-0.3, -0.25) is 4.79 Å². The Morgan fingerprint density at radius 3 is 2.82 bits per heavy atom. The van der Waals surface area contributed by atoms with Crippen molar-refractivity contribution in [1.82, 2.24) is 4.98 Å². The Kier molecular flexibility index (Phi) is 5.44. The number of thiazole rings is 1. The Labute approximate surface area is 169 Å².